The molecule has 6 heteroatoms. The van der Waals surface area contributed by atoms with Crippen LogP contribution in [0.3, 0.4) is 0 Å². The number of rotatable bonds is 4. The average Bonchev–Trinajstić information content (AvgIpc) is 2.95. The number of anilines is 1. The zero-order valence-corrected chi connectivity index (χ0v) is 12.5. The second-order valence-electron chi connectivity index (χ2n) is 4.73. The highest BCUT2D eigenvalue weighted by Crippen LogP contribution is 2.25. The molecule has 0 spiro atoms. The van der Waals surface area contributed by atoms with Crippen LogP contribution < -0.4 is 10.6 Å². The van der Waals surface area contributed by atoms with Crippen molar-refractivity contribution in [3.8, 4) is 0 Å². The monoisotopic (exact) mass is 313 g/mol. The van der Waals surface area contributed by atoms with Gasteiger partial charge in [0.15, 0.2) is 5.13 Å². The summed E-state index contributed by atoms with van der Waals surface area (Å²) in [6.45, 7) is -0.169. The van der Waals surface area contributed by atoms with E-state index in [4.69, 9.17) is 0 Å². The molecule has 0 saturated heterocycles. The number of carbonyl (C=O) groups excluding carboxylic acids is 1. The smallest absolute Gasteiger partial charge is 0.321 e. The quantitative estimate of drug-likeness (QED) is 0.692. The lowest BCUT2D eigenvalue weighted by Crippen LogP contribution is -2.34. The number of aliphatic hydroxyl groups excluding tert-OH is 1. The number of amides is 2. The number of aromatic nitrogens is 1. The van der Waals surface area contributed by atoms with Crippen molar-refractivity contribution in [1.29, 1.82) is 0 Å². The number of carbonyl (C=O) groups is 1. The SMILES string of the molecule is O=C(Nc1nc2ccccc2s1)NC(CO)c1ccccc1. The van der Waals surface area contributed by atoms with Crippen LogP contribution in [-0.4, -0.2) is 22.7 Å². The number of aliphatic hydroxyl groups is 1. The van der Waals surface area contributed by atoms with Gasteiger partial charge in [-0.1, -0.05) is 53.8 Å². The van der Waals surface area contributed by atoms with E-state index < -0.39 is 6.04 Å². The highest BCUT2D eigenvalue weighted by Gasteiger charge is 2.14. The molecule has 1 aromatic heterocycles. The third-order valence-electron chi connectivity index (χ3n) is 3.20. The van der Waals surface area contributed by atoms with Gasteiger partial charge < -0.3 is 10.4 Å². The molecule has 2 amide bonds. The van der Waals surface area contributed by atoms with E-state index in [2.05, 4.69) is 15.6 Å². The molecule has 5 nitrogen and oxygen atoms in total. The molecule has 3 rings (SSSR count). The molecule has 2 aromatic carbocycles. The number of urea groups is 1. The average molecular weight is 313 g/mol. The van der Waals surface area contributed by atoms with Crippen LogP contribution in [0.1, 0.15) is 11.6 Å². The van der Waals surface area contributed by atoms with E-state index >= 15 is 0 Å². The van der Waals surface area contributed by atoms with Crippen LogP contribution in [0.2, 0.25) is 0 Å². The second-order valence-corrected chi connectivity index (χ2v) is 5.76. The summed E-state index contributed by atoms with van der Waals surface area (Å²) in [7, 11) is 0. The van der Waals surface area contributed by atoms with Gasteiger partial charge in [0.2, 0.25) is 0 Å². The van der Waals surface area contributed by atoms with E-state index in [0.29, 0.717) is 5.13 Å². The maximum Gasteiger partial charge on any atom is 0.321 e. The Hall–Kier alpha value is -2.44. The van der Waals surface area contributed by atoms with Crippen LogP contribution in [0.5, 0.6) is 0 Å². The lowest BCUT2D eigenvalue weighted by atomic mass is 10.1. The molecule has 0 fully saturated rings. The van der Waals surface area contributed by atoms with Crippen LogP contribution in [0.25, 0.3) is 10.2 Å². The summed E-state index contributed by atoms with van der Waals surface area (Å²) in [6, 6.07) is 16.2. The zero-order chi connectivity index (χ0) is 15.4. The largest absolute Gasteiger partial charge is 0.394 e. The van der Waals surface area contributed by atoms with Crippen molar-refractivity contribution in [1.82, 2.24) is 10.3 Å². The number of nitrogens with one attached hydrogen (secondary N) is 2. The molecule has 0 aliphatic heterocycles. The molecule has 3 aromatic rings. The summed E-state index contributed by atoms with van der Waals surface area (Å²) in [5.74, 6) is 0. The lowest BCUT2D eigenvalue weighted by Gasteiger charge is -2.16. The summed E-state index contributed by atoms with van der Waals surface area (Å²) >= 11 is 1.41. The van der Waals surface area contributed by atoms with E-state index in [0.717, 1.165) is 15.8 Å². The molecule has 0 radical (unpaired) electrons. The van der Waals surface area contributed by atoms with Crippen molar-refractivity contribution >= 4 is 32.7 Å². The molecule has 1 unspecified atom stereocenters. The highest BCUT2D eigenvalue weighted by molar-refractivity contribution is 7.22. The number of benzene rings is 2. The fraction of sp³-hybridized carbons (Fsp3) is 0.125. The van der Waals surface area contributed by atoms with Crippen molar-refractivity contribution in [3.63, 3.8) is 0 Å². The summed E-state index contributed by atoms with van der Waals surface area (Å²) in [5.41, 5.74) is 1.70. The molecule has 3 N–H and O–H groups in total. The van der Waals surface area contributed by atoms with Gasteiger partial charge in [-0.05, 0) is 17.7 Å². The van der Waals surface area contributed by atoms with E-state index in [1.165, 1.54) is 11.3 Å². The number of nitrogens with zero attached hydrogens (tertiary/aromatic N) is 1. The number of fused-ring (bicyclic) bond motifs is 1. The van der Waals surface area contributed by atoms with Gasteiger partial charge in [0.05, 0.1) is 22.9 Å². The van der Waals surface area contributed by atoms with Crippen LogP contribution in [0.15, 0.2) is 54.6 Å². The molecular formula is C16H15N3O2S. The summed E-state index contributed by atoms with van der Waals surface area (Å²) in [6.07, 6.45) is 0. The molecule has 0 aliphatic rings. The van der Waals surface area contributed by atoms with E-state index in [9.17, 15) is 9.90 Å². The first-order valence-electron chi connectivity index (χ1n) is 6.85. The minimum absolute atomic E-state index is 0.169. The van der Waals surface area contributed by atoms with Crippen molar-refractivity contribution in [2.24, 2.45) is 0 Å². The highest BCUT2D eigenvalue weighted by atomic mass is 32.1. The molecule has 22 heavy (non-hydrogen) atoms. The maximum absolute atomic E-state index is 12.1. The maximum atomic E-state index is 12.1. The molecule has 1 atom stereocenters. The molecule has 0 aliphatic carbocycles. The van der Waals surface area contributed by atoms with E-state index in [1.54, 1.807) is 0 Å². The Morgan fingerprint density at radius 2 is 1.86 bits per heavy atom. The summed E-state index contributed by atoms with van der Waals surface area (Å²) in [5, 5.41) is 15.4. The van der Waals surface area contributed by atoms with E-state index in [1.807, 2.05) is 54.6 Å². The Balaban J connectivity index is 1.68. The minimum atomic E-state index is -0.449. The predicted octanol–water partition coefficient (Wildman–Crippen LogP) is 3.15. The second kappa shape index (κ2) is 6.55. The van der Waals surface area contributed by atoms with Gasteiger partial charge >= 0.3 is 6.03 Å². The molecule has 0 bridgehead atoms. The van der Waals surface area contributed by atoms with Gasteiger partial charge in [0, 0.05) is 0 Å². The van der Waals surface area contributed by atoms with Gasteiger partial charge in [0.25, 0.3) is 0 Å². The first kappa shape index (κ1) is 14.5. The van der Waals surface area contributed by atoms with Crippen LogP contribution >= 0.6 is 11.3 Å². The lowest BCUT2D eigenvalue weighted by molar-refractivity contribution is 0.225. The topological polar surface area (TPSA) is 74.2 Å². The molecule has 112 valence electrons. The van der Waals surface area contributed by atoms with Crippen molar-refractivity contribution in [2.45, 2.75) is 6.04 Å². The fourth-order valence-electron chi connectivity index (χ4n) is 2.14. The normalized spacial score (nSPS) is 12.0. The number of thiazole rings is 1. The Labute approximate surface area is 131 Å². The number of hydrogen-bond acceptors (Lipinski definition) is 4. The van der Waals surface area contributed by atoms with Crippen LogP contribution in [-0.2, 0) is 0 Å². The molecule has 1 heterocycles. The van der Waals surface area contributed by atoms with Crippen molar-refractivity contribution < 1.29 is 9.90 Å². The zero-order valence-electron chi connectivity index (χ0n) is 11.7. The third kappa shape index (κ3) is 3.24. The van der Waals surface area contributed by atoms with Crippen LogP contribution in [0, 0.1) is 0 Å². The van der Waals surface area contributed by atoms with Crippen molar-refractivity contribution in [3.05, 3.63) is 60.2 Å². The fourth-order valence-corrected chi connectivity index (χ4v) is 3.00. The molecular weight excluding hydrogens is 298 g/mol. The minimum Gasteiger partial charge on any atom is -0.394 e. The van der Waals surface area contributed by atoms with Gasteiger partial charge in [-0.3, -0.25) is 5.32 Å². The standard InChI is InChI=1S/C16H15N3O2S/c20-10-13(11-6-2-1-3-7-11)17-15(21)19-16-18-12-8-4-5-9-14(12)22-16/h1-9,13,20H,10H2,(H2,17,18,19,21). The summed E-state index contributed by atoms with van der Waals surface area (Å²) < 4.78 is 1.01. The first-order chi connectivity index (χ1) is 10.8. The van der Waals surface area contributed by atoms with Gasteiger partial charge in [0.1, 0.15) is 0 Å². The number of para-hydroxylation sites is 1. The Bertz CT molecular complexity index is 740. The van der Waals surface area contributed by atoms with E-state index in [-0.39, 0.29) is 12.6 Å². The van der Waals surface area contributed by atoms with Crippen LogP contribution in [0.4, 0.5) is 9.93 Å². The first-order valence-corrected chi connectivity index (χ1v) is 7.67. The Kier molecular flexibility index (Phi) is 4.32. The van der Waals surface area contributed by atoms with Gasteiger partial charge in [-0.2, -0.15) is 0 Å². The molecule has 0 saturated carbocycles. The van der Waals surface area contributed by atoms with Crippen molar-refractivity contribution in [2.75, 3.05) is 11.9 Å². The third-order valence-corrected chi connectivity index (χ3v) is 4.16. The Morgan fingerprint density at radius 3 is 2.59 bits per heavy atom. The Morgan fingerprint density at radius 1 is 1.14 bits per heavy atom. The number of hydrogen-bond donors (Lipinski definition) is 3. The summed E-state index contributed by atoms with van der Waals surface area (Å²) in [4.78, 5) is 16.4. The van der Waals surface area contributed by atoms with Gasteiger partial charge in [-0.25, -0.2) is 9.78 Å². The predicted molar refractivity (Wildman–Crippen MR) is 88.0 cm³/mol. The van der Waals surface area contributed by atoms with Gasteiger partial charge in [-0.15, -0.1) is 0 Å².